The van der Waals surface area contributed by atoms with E-state index in [1.165, 1.54) is 11.8 Å². The molecule has 0 saturated heterocycles. The quantitative estimate of drug-likeness (QED) is 0.324. The van der Waals surface area contributed by atoms with Crippen LogP contribution >= 0.6 is 27.7 Å². The van der Waals surface area contributed by atoms with Crippen molar-refractivity contribution in [2.45, 2.75) is 19.0 Å². The minimum Gasteiger partial charge on any atom is -0.507 e. The van der Waals surface area contributed by atoms with Gasteiger partial charge in [-0.15, -0.1) is 10.2 Å². The van der Waals surface area contributed by atoms with E-state index in [9.17, 15) is 9.90 Å². The maximum atomic E-state index is 12.5. The predicted octanol–water partition coefficient (Wildman–Crippen LogP) is 5.75. The van der Waals surface area contributed by atoms with Gasteiger partial charge in [-0.3, -0.25) is 9.36 Å². The number of benzene rings is 3. The molecule has 0 bridgehead atoms. The summed E-state index contributed by atoms with van der Waals surface area (Å²) in [4.78, 5) is 12.5. The zero-order chi connectivity index (χ0) is 22.7. The molecule has 0 saturated carbocycles. The maximum absolute atomic E-state index is 12.5. The number of hydrogen-bond acceptors (Lipinski definition) is 5. The Balaban J connectivity index is 1.65. The van der Waals surface area contributed by atoms with Crippen LogP contribution in [-0.4, -0.2) is 31.5 Å². The zero-order valence-electron chi connectivity index (χ0n) is 17.5. The van der Waals surface area contributed by atoms with Crippen molar-refractivity contribution in [1.29, 1.82) is 0 Å². The van der Waals surface area contributed by atoms with Gasteiger partial charge in [0.25, 0.3) is 0 Å². The van der Waals surface area contributed by atoms with Gasteiger partial charge in [0, 0.05) is 10.2 Å². The van der Waals surface area contributed by atoms with Gasteiger partial charge in [-0.2, -0.15) is 0 Å². The summed E-state index contributed by atoms with van der Waals surface area (Å²) in [5.41, 5.74) is 4.39. The molecule has 8 heteroatoms. The third-order valence-corrected chi connectivity index (χ3v) is 6.29. The summed E-state index contributed by atoms with van der Waals surface area (Å²) >= 11 is 4.68. The van der Waals surface area contributed by atoms with Crippen molar-refractivity contribution in [3.8, 4) is 22.8 Å². The molecule has 162 valence electrons. The van der Waals surface area contributed by atoms with E-state index in [2.05, 4.69) is 37.5 Å². The van der Waals surface area contributed by atoms with E-state index in [0.29, 0.717) is 16.5 Å². The predicted molar refractivity (Wildman–Crippen MR) is 131 cm³/mol. The van der Waals surface area contributed by atoms with Crippen molar-refractivity contribution in [2.75, 3.05) is 11.1 Å². The summed E-state index contributed by atoms with van der Waals surface area (Å²) in [6, 6.07) is 20.5. The van der Waals surface area contributed by atoms with Gasteiger partial charge in [-0.25, -0.2) is 0 Å². The van der Waals surface area contributed by atoms with E-state index in [1.54, 1.807) is 18.2 Å². The SMILES string of the molecule is Cc1ccc(-n2c(SCC(=O)Nc3ccc(Br)cc3)nnc2-c2ccccc2O)c(C)c1. The average Bonchev–Trinajstić information content (AvgIpc) is 3.18. The molecule has 0 aliphatic carbocycles. The lowest BCUT2D eigenvalue weighted by Gasteiger charge is -2.14. The molecule has 0 unspecified atom stereocenters. The number of hydrogen-bond donors (Lipinski definition) is 2. The van der Waals surface area contributed by atoms with E-state index >= 15 is 0 Å². The van der Waals surface area contributed by atoms with Gasteiger partial charge >= 0.3 is 0 Å². The van der Waals surface area contributed by atoms with Crippen LogP contribution in [0.3, 0.4) is 0 Å². The third kappa shape index (κ3) is 4.87. The normalized spacial score (nSPS) is 10.8. The van der Waals surface area contributed by atoms with Gasteiger partial charge in [-0.1, -0.05) is 57.5 Å². The van der Waals surface area contributed by atoms with E-state index in [1.807, 2.05) is 60.9 Å². The van der Waals surface area contributed by atoms with Crippen LogP contribution in [-0.2, 0) is 4.79 Å². The smallest absolute Gasteiger partial charge is 0.234 e. The topological polar surface area (TPSA) is 80.0 Å². The summed E-state index contributed by atoms with van der Waals surface area (Å²) in [6.45, 7) is 4.06. The first-order valence-electron chi connectivity index (χ1n) is 9.92. The molecule has 6 nitrogen and oxygen atoms in total. The molecule has 0 radical (unpaired) electrons. The summed E-state index contributed by atoms with van der Waals surface area (Å²) in [5, 5.41) is 22.6. The van der Waals surface area contributed by atoms with Crippen LogP contribution in [0.2, 0.25) is 0 Å². The number of anilines is 1. The molecule has 0 spiro atoms. The molecule has 0 fully saturated rings. The van der Waals surface area contributed by atoms with E-state index in [0.717, 1.165) is 27.0 Å². The number of phenolic OH excluding ortho intramolecular Hbond substituents is 1. The molecule has 32 heavy (non-hydrogen) atoms. The summed E-state index contributed by atoms with van der Waals surface area (Å²) in [7, 11) is 0. The molecule has 0 aliphatic rings. The van der Waals surface area contributed by atoms with Gasteiger partial charge in [0.15, 0.2) is 11.0 Å². The van der Waals surface area contributed by atoms with Crippen LogP contribution < -0.4 is 5.32 Å². The number of aromatic nitrogens is 3. The highest BCUT2D eigenvalue weighted by molar-refractivity contribution is 9.10. The molecule has 4 aromatic rings. The van der Waals surface area contributed by atoms with Crippen molar-refractivity contribution in [2.24, 2.45) is 0 Å². The Morgan fingerprint density at radius 2 is 1.81 bits per heavy atom. The summed E-state index contributed by atoms with van der Waals surface area (Å²) in [6.07, 6.45) is 0. The number of rotatable bonds is 6. The molecule has 1 aromatic heterocycles. The molecule has 1 heterocycles. The van der Waals surface area contributed by atoms with Crippen LogP contribution in [0.5, 0.6) is 5.75 Å². The Morgan fingerprint density at radius 1 is 1.06 bits per heavy atom. The maximum Gasteiger partial charge on any atom is 0.234 e. The fourth-order valence-corrected chi connectivity index (χ4v) is 4.34. The van der Waals surface area contributed by atoms with Crippen molar-refractivity contribution >= 4 is 39.3 Å². The van der Waals surface area contributed by atoms with E-state index < -0.39 is 0 Å². The number of amides is 1. The fraction of sp³-hybridized carbons (Fsp3) is 0.125. The molecular weight excluding hydrogens is 488 g/mol. The highest BCUT2D eigenvalue weighted by Gasteiger charge is 2.20. The summed E-state index contributed by atoms with van der Waals surface area (Å²) < 4.78 is 2.84. The van der Waals surface area contributed by atoms with Crippen molar-refractivity contribution in [1.82, 2.24) is 14.8 Å². The van der Waals surface area contributed by atoms with Gasteiger partial charge in [0.2, 0.25) is 5.91 Å². The first-order valence-corrected chi connectivity index (χ1v) is 11.7. The number of carbonyl (C=O) groups excluding carboxylic acids is 1. The second kappa shape index (κ2) is 9.58. The second-order valence-corrected chi connectivity index (χ2v) is 9.15. The van der Waals surface area contributed by atoms with Crippen LogP contribution in [0.1, 0.15) is 11.1 Å². The minimum absolute atomic E-state index is 0.121. The first-order chi connectivity index (χ1) is 15.4. The highest BCUT2D eigenvalue weighted by atomic mass is 79.9. The molecular formula is C24H21BrN4O2S. The Bertz CT molecular complexity index is 1270. The van der Waals surface area contributed by atoms with Gasteiger partial charge in [0.05, 0.1) is 17.0 Å². The van der Waals surface area contributed by atoms with Gasteiger partial charge in [0.1, 0.15) is 5.75 Å². The third-order valence-electron chi connectivity index (χ3n) is 4.83. The lowest BCUT2D eigenvalue weighted by atomic mass is 10.1. The number of aryl methyl sites for hydroxylation is 2. The number of para-hydroxylation sites is 1. The minimum atomic E-state index is -0.142. The largest absolute Gasteiger partial charge is 0.507 e. The van der Waals surface area contributed by atoms with E-state index in [-0.39, 0.29) is 17.4 Å². The lowest BCUT2D eigenvalue weighted by Crippen LogP contribution is -2.14. The average molecular weight is 509 g/mol. The number of halogens is 1. The summed E-state index contributed by atoms with van der Waals surface area (Å²) in [5.74, 6) is 0.665. The standard InChI is InChI=1S/C24H21BrN4O2S/c1-15-7-12-20(16(2)13-15)29-23(19-5-3-4-6-21(19)30)27-28-24(29)32-14-22(31)26-18-10-8-17(25)9-11-18/h3-13,30H,14H2,1-2H3,(H,26,31). The number of phenols is 1. The fourth-order valence-electron chi connectivity index (χ4n) is 3.33. The van der Waals surface area contributed by atoms with Crippen molar-refractivity contribution in [3.63, 3.8) is 0 Å². The number of carbonyl (C=O) groups is 1. The molecule has 2 N–H and O–H groups in total. The Morgan fingerprint density at radius 3 is 2.53 bits per heavy atom. The van der Waals surface area contributed by atoms with Gasteiger partial charge < -0.3 is 10.4 Å². The Hall–Kier alpha value is -3.10. The Labute approximate surface area is 198 Å². The van der Waals surface area contributed by atoms with Crippen molar-refractivity contribution < 1.29 is 9.90 Å². The number of nitrogens with one attached hydrogen (secondary N) is 1. The number of nitrogens with zero attached hydrogens (tertiary/aromatic N) is 3. The zero-order valence-corrected chi connectivity index (χ0v) is 19.9. The van der Waals surface area contributed by atoms with Gasteiger partial charge in [-0.05, 0) is 61.9 Å². The highest BCUT2D eigenvalue weighted by Crippen LogP contribution is 2.33. The molecule has 4 rings (SSSR count). The van der Waals surface area contributed by atoms with Crippen LogP contribution in [0, 0.1) is 13.8 Å². The molecule has 0 aliphatic heterocycles. The van der Waals surface area contributed by atoms with Crippen molar-refractivity contribution in [3.05, 3.63) is 82.3 Å². The van der Waals surface area contributed by atoms with Crippen LogP contribution in [0.15, 0.2) is 76.4 Å². The monoisotopic (exact) mass is 508 g/mol. The second-order valence-electron chi connectivity index (χ2n) is 7.29. The molecule has 3 aromatic carbocycles. The first kappa shape index (κ1) is 22.1. The van der Waals surface area contributed by atoms with Crippen LogP contribution in [0.25, 0.3) is 17.1 Å². The number of aromatic hydroxyl groups is 1. The Kier molecular flexibility index (Phi) is 6.62. The lowest BCUT2D eigenvalue weighted by molar-refractivity contribution is -0.113. The molecule has 0 atom stereocenters. The van der Waals surface area contributed by atoms with E-state index in [4.69, 9.17) is 0 Å². The number of thioether (sulfide) groups is 1. The van der Waals surface area contributed by atoms with Crippen LogP contribution in [0.4, 0.5) is 5.69 Å². The molecule has 1 amide bonds.